The van der Waals surface area contributed by atoms with E-state index in [4.69, 9.17) is 4.74 Å². The lowest BCUT2D eigenvalue weighted by Gasteiger charge is -2.12. The molecule has 20 heavy (non-hydrogen) atoms. The molecule has 1 aliphatic heterocycles. The third-order valence-corrected chi connectivity index (χ3v) is 4.78. The summed E-state index contributed by atoms with van der Waals surface area (Å²) in [5.74, 6) is 0.891. The number of aliphatic hydroxyl groups is 2. The first kappa shape index (κ1) is 17.8. The molecule has 0 aromatic carbocycles. The van der Waals surface area contributed by atoms with Gasteiger partial charge < -0.3 is 14.9 Å². The quantitative estimate of drug-likeness (QED) is 0.453. The molecule has 2 N–H and O–H groups in total. The van der Waals surface area contributed by atoms with Crippen molar-refractivity contribution in [1.29, 1.82) is 0 Å². The third-order valence-electron chi connectivity index (χ3n) is 3.64. The number of carbonyl (C=O) groups excluding carboxylic acids is 1. The topological polar surface area (TPSA) is 66.8 Å². The number of esters is 1. The van der Waals surface area contributed by atoms with E-state index in [2.05, 4.69) is 6.92 Å². The van der Waals surface area contributed by atoms with Crippen LogP contribution in [0.3, 0.4) is 0 Å². The van der Waals surface area contributed by atoms with Crippen molar-refractivity contribution >= 4 is 17.7 Å². The van der Waals surface area contributed by atoms with Gasteiger partial charge in [-0.05, 0) is 12.2 Å². The summed E-state index contributed by atoms with van der Waals surface area (Å²) >= 11 is 1.68. The lowest BCUT2D eigenvalue weighted by molar-refractivity contribution is -0.146. The van der Waals surface area contributed by atoms with Crippen LogP contribution in [0, 0.1) is 0 Å². The van der Waals surface area contributed by atoms with Crippen molar-refractivity contribution in [2.24, 2.45) is 0 Å². The highest BCUT2D eigenvalue weighted by atomic mass is 32.2. The Bertz CT molecular complexity index is 273. The van der Waals surface area contributed by atoms with Crippen LogP contribution >= 0.6 is 11.8 Å². The molecule has 4 nitrogen and oxygen atoms in total. The zero-order valence-corrected chi connectivity index (χ0v) is 13.2. The fraction of sp³-hybridized carbons (Fsp3) is 0.933. The Morgan fingerprint density at radius 1 is 1.05 bits per heavy atom. The summed E-state index contributed by atoms with van der Waals surface area (Å²) in [6.07, 6.45) is 7.43. The number of ether oxygens (including phenoxy) is 1. The van der Waals surface area contributed by atoms with Crippen molar-refractivity contribution in [2.75, 3.05) is 11.5 Å². The van der Waals surface area contributed by atoms with Crippen molar-refractivity contribution in [2.45, 2.75) is 76.6 Å². The van der Waals surface area contributed by atoms with E-state index < -0.39 is 24.3 Å². The van der Waals surface area contributed by atoms with Crippen LogP contribution in [0.4, 0.5) is 0 Å². The van der Waals surface area contributed by atoms with Gasteiger partial charge in [-0.2, -0.15) is 11.8 Å². The molecule has 118 valence electrons. The molecular weight excluding hydrogens is 276 g/mol. The molecule has 0 unspecified atom stereocenters. The third kappa shape index (κ3) is 6.46. The molecule has 0 saturated carbocycles. The lowest BCUT2D eigenvalue weighted by Crippen LogP contribution is -2.32. The number of unbranched alkanes of at least 4 members (excludes halogenated alkanes) is 7. The second-order valence-corrected chi connectivity index (χ2v) is 6.61. The minimum absolute atomic E-state index is 0.545. The maximum atomic E-state index is 11.0. The van der Waals surface area contributed by atoms with Gasteiger partial charge in [0.2, 0.25) is 0 Å². The molecule has 0 aromatic heterocycles. The van der Waals surface area contributed by atoms with E-state index in [1.54, 1.807) is 11.8 Å². The van der Waals surface area contributed by atoms with E-state index in [9.17, 15) is 15.0 Å². The fourth-order valence-corrected chi connectivity index (χ4v) is 3.37. The maximum absolute atomic E-state index is 11.0. The normalized spacial score (nSPS) is 25.9. The second kappa shape index (κ2) is 10.5. The fourth-order valence-electron chi connectivity index (χ4n) is 2.30. The standard InChI is InChI=1S/C15H28O4S/c1-2-3-4-5-6-7-8-9-10-20-11-12-13(16)14(17)15(18)19-12/h12-14,16-17H,2-11H2,1H3/t12-,13-,14-/m1/s1. The van der Waals surface area contributed by atoms with Crippen molar-refractivity contribution in [1.82, 2.24) is 0 Å². The van der Waals surface area contributed by atoms with Gasteiger partial charge in [0, 0.05) is 5.75 Å². The van der Waals surface area contributed by atoms with E-state index >= 15 is 0 Å². The molecule has 0 aromatic rings. The summed E-state index contributed by atoms with van der Waals surface area (Å²) in [4.78, 5) is 11.0. The summed E-state index contributed by atoms with van der Waals surface area (Å²) in [6, 6.07) is 0. The number of aliphatic hydroxyl groups excluding tert-OH is 2. The van der Waals surface area contributed by atoms with Crippen LogP contribution in [0.5, 0.6) is 0 Å². The smallest absolute Gasteiger partial charge is 0.338 e. The van der Waals surface area contributed by atoms with Crippen LogP contribution in [0.1, 0.15) is 58.3 Å². The van der Waals surface area contributed by atoms with Crippen molar-refractivity contribution in [3.8, 4) is 0 Å². The van der Waals surface area contributed by atoms with Gasteiger partial charge in [-0.3, -0.25) is 0 Å². The molecule has 1 heterocycles. The van der Waals surface area contributed by atoms with Gasteiger partial charge in [0.15, 0.2) is 6.10 Å². The first-order chi connectivity index (χ1) is 9.66. The Labute approximate surface area is 126 Å². The summed E-state index contributed by atoms with van der Waals surface area (Å²) in [5, 5.41) is 18.8. The molecule has 3 atom stereocenters. The maximum Gasteiger partial charge on any atom is 0.338 e. The first-order valence-electron chi connectivity index (χ1n) is 7.81. The lowest BCUT2D eigenvalue weighted by atomic mass is 10.1. The molecule has 0 amide bonds. The minimum atomic E-state index is -1.36. The van der Waals surface area contributed by atoms with Crippen LogP contribution in [0.2, 0.25) is 0 Å². The molecule has 0 bridgehead atoms. The van der Waals surface area contributed by atoms with Crippen LogP contribution in [-0.2, 0) is 9.53 Å². The Kier molecular flexibility index (Phi) is 9.31. The minimum Gasteiger partial charge on any atom is -0.457 e. The van der Waals surface area contributed by atoms with Gasteiger partial charge in [-0.15, -0.1) is 0 Å². The van der Waals surface area contributed by atoms with E-state index in [0.29, 0.717) is 5.75 Å². The zero-order valence-electron chi connectivity index (χ0n) is 12.4. The predicted molar refractivity (Wildman–Crippen MR) is 81.8 cm³/mol. The van der Waals surface area contributed by atoms with Gasteiger partial charge in [-0.25, -0.2) is 4.79 Å². The van der Waals surface area contributed by atoms with Crippen molar-refractivity contribution in [3.63, 3.8) is 0 Å². The summed E-state index contributed by atoms with van der Waals surface area (Å²) in [7, 11) is 0. The van der Waals surface area contributed by atoms with Gasteiger partial charge in [-0.1, -0.05) is 51.9 Å². The Morgan fingerprint density at radius 3 is 2.20 bits per heavy atom. The second-order valence-electron chi connectivity index (χ2n) is 5.46. The van der Waals surface area contributed by atoms with Crippen LogP contribution < -0.4 is 0 Å². The van der Waals surface area contributed by atoms with Gasteiger partial charge in [0.25, 0.3) is 0 Å². The average Bonchev–Trinajstić information content (AvgIpc) is 2.68. The Morgan fingerprint density at radius 2 is 1.65 bits per heavy atom. The molecular formula is C15H28O4S. The molecule has 1 rings (SSSR count). The monoisotopic (exact) mass is 304 g/mol. The number of carbonyl (C=O) groups is 1. The van der Waals surface area contributed by atoms with E-state index in [0.717, 1.165) is 12.2 Å². The highest BCUT2D eigenvalue weighted by molar-refractivity contribution is 7.99. The Hall–Kier alpha value is -0.260. The number of hydrogen-bond acceptors (Lipinski definition) is 5. The van der Waals surface area contributed by atoms with Gasteiger partial charge in [0.05, 0.1) is 0 Å². The molecule has 0 spiro atoms. The number of thioether (sulfide) groups is 1. The average molecular weight is 304 g/mol. The SMILES string of the molecule is CCCCCCCCCCSC[C@H]1OC(=O)[C@H](O)[C@@H]1O. The van der Waals surface area contributed by atoms with Crippen molar-refractivity contribution < 1.29 is 19.7 Å². The zero-order chi connectivity index (χ0) is 14.8. The van der Waals surface area contributed by atoms with Crippen LogP contribution in [-0.4, -0.2) is 46.0 Å². The highest BCUT2D eigenvalue weighted by Crippen LogP contribution is 2.20. The van der Waals surface area contributed by atoms with E-state index in [1.165, 1.54) is 44.9 Å². The number of hydrogen-bond donors (Lipinski definition) is 2. The van der Waals surface area contributed by atoms with Crippen molar-refractivity contribution in [3.05, 3.63) is 0 Å². The van der Waals surface area contributed by atoms with Crippen LogP contribution in [0.15, 0.2) is 0 Å². The van der Waals surface area contributed by atoms with E-state index in [-0.39, 0.29) is 0 Å². The molecule has 0 aliphatic carbocycles. The number of rotatable bonds is 11. The van der Waals surface area contributed by atoms with Crippen LogP contribution in [0.25, 0.3) is 0 Å². The van der Waals surface area contributed by atoms with E-state index in [1.807, 2.05) is 0 Å². The molecule has 1 saturated heterocycles. The summed E-state index contributed by atoms with van der Waals surface area (Å²) in [6.45, 7) is 2.23. The highest BCUT2D eigenvalue weighted by Gasteiger charge is 2.42. The predicted octanol–water partition coefficient (Wildman–Crippen LogP) is 2.51. The summed E-state index contributed by atoms with van der Waals surface area (Å²) in [5.41, 5.74) is 0. The Balaban J connectivity index is 1.89. The molecule has 0 radical (unpaired) electrons. The first-order valence-corrected chi connectivity index (χ1v) is 8.96. The number of cyclic esters (lactones) is 1. The molecule has 5 heteroatoms. The van der Waals surface area contributed by atoms with Gasteiger partial charge >= 0.3 is 5.97 Å². The van der Waals surface area contributed by atoms with Gasteiger partial charge in [0.1, 0.15) is 12.2 Å². The molecule has 1 fully saturated rings. The molecule has 1 aliphatic rings. The summed E-state index contributed by atoms with van der Waals surface area (Å²) < 4.78 is 4.91. The largest absolute Gasteiger partial charge is 0.457 e.